The lowest BCUT2D eigenvalue weighted by atomic mass is 10.0. The highest BCUT2D eigenvalue weighted by molar-refractivity contribution is 5.09. The summed E-state index contributed by atoms with van der Waals surface area (Å²) in [5.41, 5.74) is 6.60. The molecule has 2 aromatic rings. The summed E-state index contributed by atoms with van der Waals surface area (Å²) in [6.45, 7) is 2.76. The molecule has 0 spiro atoms. The Labute approximate surface area is 106 Å². The first-order valence-electron chi connectivity index (χ1n) is 6.23. The number of pyridine rings is 1. The van der Waals surface area contributed by atoms with Crippen LogP contribution in [0.1, 0.15) is 30.8 Å². The van der Waals surface area contributed by atoms with Crippen molar-refractivity contribution in [2.24, 2.45) is 11.7 Å². The van der Waals surface area contributed by atoms with Crippen molar-refractivity contribution in [1.82, 2.24) is 15.1 Å². The molecule has 2 heterocycles. The van der Waals surface area contributed by atoms with E-state index in [1.165, 1.54) is 0 Å². The molecule has 0 saturated heterocycles. The lowest BCUT2D eigenvalue weighted by molar-refractivity contribution is 0.347. The Kier molecular flexibility index (Phi) is 4.41. The van der Waals surface area contributed by atoms with Crippen molar-refractivity contribution in [2.45, 2.75) is 26.2 Å². The predicted molar refractivity (Wildman–Crippen MR) is 67.9 cm³/mol. The van der Waals surface area contributed by atoms with E-state index < -0.39 is 0 Å². The van der Waals surface area contributed by atoms with E-state index in [0.717, 1.165) is 18.5 Å². The average Bonchev–Trinajstić information content (AvgIpc) is 2.84. The molecule has 0 bridgehead atoms. The van der Waals surface area contributed by atoms with Gasteiger partial charge in [0, 0.05) is 18.3 Å². The van der Waals surface area contributed by atoms with Gasteiger partial charge in [0.05, 0.1) is 6.42 Å². The molecule has 0 saturated carbocycles. The van der Waals surface area contributed by atoms with E-state index in [0.29, 0.717) is 30.6 Å². The van der Waals surface area contributed by atoms with Gasteiger partial charge in [-0.25, -0.2) is 0 Å². The summed E-state index contributed by atoms with van der Waals surface area (Å²) < 4.78 is 5.23. The van der Waals surface area contributed by atoms with Crippen molar-refractivity contribution in [3.05, 3.63) is 41.8 Å². The van der Waals surface area contributed by atoms with E-state index in [-0.39, 0.29) is 0 Å². The Morgan fingerprint density at radius 1 is 1.39 bits per heavy atom. The van der Waals surface area contributed by atoms with Crippen molar-refractivity contribution in [3.63, 3.8) is 0 Å². The summed E-state index contributed by atoms with van der Waals surface area (Å²) in [6.07, 6.45) is 4.14. The van der Waals surface area contributed by atoms with Gasteiger partial charge in [0.2, 0.25) is 5.89 Å². The molecule has 5 nitrogen and oxygen atoms in total. The van der Waals surface area contributed by atoms with Gasteiger partial charge >= 0.3 is 0 Å². The average molecular weight is 246 g/mol. The summed E-state index contributed by atoms with van der Waals surface area (Å²) in [4.78, 5) is 8.60. The quantitative estimate of drug-likeness (QED) is 0.837. The van der Waals surface area contributed by atoms with Crippen LogP contribution in [-0.2, 0) is 12.8 Å². The number of aromatic nitrogens is 3. The lowest BCUT2D eigenvalue weighted by Crippen LogP contribution is -2.16. The van der Waals surface area contributed by atoms with Gasteiger partial charge in [-0.15, -0.1) is 0 Å². The van der Waals surface area contributed by atoms with Crippen LogP contribution in [0.25, 0.3) is 0 Å². The Bertz CT molecular complexity index is 465. The van der Waals surface area contributed by atoms with Gasteiger partial charge in [0.1, 0.15) is 0 Å². The van der Waals surface area contributed by atoms with Crippen molar-refractivity contribution >= 4 is 0 Å². The van der Waals surface area contributed by atoms with Gasteiger partial charge in [-0.1, -0.05) is 24.6 Å². The molecule has 5 heteroatoms. The monoisotopic (exact) mass is 246 g/mol. The van der Waals surface area contributed by atoms with Crippen molar-refractivity contribution in [3.8, 4) is 0 Å². The predicted octanol–water partition coefficient (Wildman–Crippen LogP) is 1.58. The van der Waals surface area contributed by atoms with Crippen LogP contribution in [0.3, 0.4) is 0 Å². The topological polar surface area (TPSA) is 77.8 Å². The van der Waals surface area contributed by atoms with Gasteiger partial charge in [-0.05, 0) is 24.6 Å². The molecule has 2 rings (SSSR count). The second kappa shape index (κ2) is 6.26. The summed E-state index contributed by atoms with van der Waals surface area (Å²) in [7, 11) is 0. The molecule has 1 atom stereocenters. The maximum atomic E-state index is 5.66. The van der Waals surface area contributed by atoms with Gasteiger partial charge < -0.3 is 10.3 Å². The Balaban J connectivity index is 1.98. The van der Waals surface area contributed by atoms with Gasteiger partial charge in [-0.2, -0.15) is 4.98 Å². The highest BCUT2D eigenvalue weighted by Gasteiger charge is 2.12. The minimum absolute atomic E-state index is 0.410. The molecule has 2 aromatic heterocycles. The van der Waals surface area contributed by atoms with E-state index in [1.54, 1.807) is 6.20 Å². The van der Waals surface area contributed by atoms with Crippen LogP contribution in [0.4, 0.5) is 0 Å². The van der Waals surface area contributed by atoms with E-state index in [4.69, 9.17) is 10.3 Å². The maximum Gasteiger partial charge on any atom is 0.226 e. The fraction of sp³-hybridized carbons (Fsp3) is 0.462. The molecule has 0 amide bonds. The third kappa shape index (κ3) is 3.37. The first-order valence-corrected chi connectivity index (χ1v) is 6.23. The molecule has 2 N–H and O–H groups in total. The highest BCUT2D eigenvalue weighted by atomic mass is 16.5. The van der Waals surface area contributed by atoms with Crippen LogP contribution in [0.5, 0.6) is 0 Å². The molecule has 0 aromatic carbocycles. The minimum Gasteiger partial charge on any atom is -0.339 e. The highest BCUT2D eigenvalue weighted by Crippen LogP contribution is 2.10. The molecular formula is C13H18N4O. The maximum absolute atomic E-state index is 5.66. The largest absolute Gasteiger partial charge is 0.339 e. The van der Waals surface area contributed by atoms with E-state index >= 15 is 0 Å². The van der Waals surface area contributed by atoms with Crippen LogP contribution < -0.4 is 5.73 Å². The zero-order valence-corrected chi connectivity index (χ0v) is 10.5. The summed E-state index contributed by atoms with van der Waals surface area (Å²) in [5, 5.41) is 3.97. The minimum atomic E-state index is 0.410. The second-order valence-electron chi connectivity index (χ2n) is 4.32. The smallest absolute Gasteiger partial charge is 0.226 e. The molecule has 18 heavy (non-hydrogen) atoms. The van der Waals surface area contributed by atoms with E-state index in [1.807, 2.05) is 18.2 Å². The normalized spacial score (nSPS) is 12.6. The molecule has 0 aliphatic heterocycles. The third-order valence-electron chi connectivity index (χ3n) is 2.95. The number of rotatable bonds is 6. The van der Waals surface area contributed by atoms with Gasteiger partial charge in [0.15, 0.2) is 5.82 Å². The number of nitrogens with zero attached hydrogens (tertiary/aromatic N) is 3. The fourth-order valence-corrected chi connectivity index (χ4v) is 1.75. The summed E-state index contributed by atoms with van der Waals surface area (Å²) >= 11 is 0. The Hall–Kier alpha value is -1.75. The van der Waals surface area contributed by atoms with E-state index in [9.17, 15) is 0 Å². The Morgan fingerprint density at radius 2 is 2.28 bits per heavy atom. The van der Waals surface area contributed by atoms with Crippen molar-refractivity contribution in [2.75, 3.05) is 6.54 Å². The van der Waals surface area contributed by atoms with Crippen LogP contribution in [0.2, 0.25) is 0 Å². The van der Waals surface area contributed by atoms with Gasteiger partial charge in [0.25, 0.3) is 0 Å². The molecule has 0 fully saturated rings. The van der Waals surface area contributed by atoms with Crippen LogP contribution in [0, 0.1) is 5.92 Å². The molecule has 0 aliphatic carbocycles. The summed E-state index contributed by atoms with van der Waals surface area (Å²) in [5.74, 6) is 1.75. The second-order valence-corrected chi connectivity index (χ2v) is 4.32. The first-order chi connectivity index (χ1) is 8.81. The number of hydrogen-bond acceptors (Lipinski definition) is 5. The van der Waals surface area contributed by atoms with E-state index in [2.05, 4.69) is 22.0 Å². The SMILES string of the molecule is CCC(CN)Cc1nc(Cc2ccccn2)no1. The zero-order valence-electron chi connectivity index (χ0n) is 10.5. The van der Waals surface area contributed by atoms with Crippen molar-refractivity contribution in [1.29, 1.82) is 0 Å². The first kappa shape index (κ1) is 12.7. The van der Waals surface area contributed by atoms with Crippen LogP contribution in [0.15, 0.2) is 28.9 Å². The number of nitrogens with two attached hydrogens (primary N) is 1. The van der Waals surface area contributed by atoms with Gasteiger partial charge in [-0.3, -0.25) is 4.98 Å². The molecule has 0 aliphatic rings. The lowest BCUT2D eigenvalue weighted by Gasteiger charge is -2.07. The number of hydrogen-bond donors (Lipinski definition) is 1. The molecule has 0 radical (unpaired) electrons. The molecular weight excluding hydrogens is 228 g/mol. The Morgan fingerprint density at radius 3 is 2.94 bits per heavy atom. The molecule has 96 valence electrons. The summed E-state index contributed by atoms with van der Waals surface area (Å²) in [6, 6.07) is 5.79. The zero-order chi connectivity index (χ0) is 12.8. The fourth-order valence-electron chi connectivity index (χ4n) is 1.75. The van der Waals surface area contributed by atoms with Crippen molar-refractivity contribution < 1.29 is 4.52 Å². The van der Waals surface area contributed by atoms with Crippen LogP contribution >= 0.6 is 0 Å². The van der Waals surface area contributed by atoms with Crippen LogP contribution in [-0.4, -0.2) is 21.7 Å². The third-order valence-corrected chi connectivity index (χ3v) is 2.95. The molecule has 1 unspecified atom stereocenters. The standard InChI is InChI=1S/C13H18N4O/c1-2-10(9-14)7-13-16-12(17-18-13)8-11-5-3-4-6-15-11/h3-6,10H,2,7-9,14H2,1H3.